The molecule has 4 heteroatoms. The fourth-order valence-corrected chi connectivity index (χ4v) is 3.63. The lowest BCUT2D eigenvalue weighted by atomic mass is 9.78. The summed E-state index contributed by atoms with van der Waals surface area (Å²) < 4.78 is 18.0. The smallest absolute Gasteiger partial charge is 0.265 e. The molecule has 25 heavy (non-hydrogen) atoms. The van der Waals surface area contributed by atoms with Gasteiger partial charge in [-0.25, -0.2) is 0 Å². The van der Waals surface area contributed by atoms with Gasteiger partial charge in [0.05, 0.1) is 0 Å². The van der Waals surface area contributed by atoms with Crippen molar-refractivity contribution in [3.8, 4) is 11.5 Å². The number of aromatic hydroxyl groups is 1. The Hall–Kier alpha value is -2.51. The fourth-order valence-electron chi connectivity index (χ4n) is 2.72. The van der Waals surface area contributed by atoms with E-state index in [1.165, 1.54) is 0 Å². The summed E-state index contributed by atoms with van der Waals surface area (Å²) in [6.07, 6.45) is 0. The second-order valence-corrected chi connectivity index (χ2v) is 7.81. The first-order valence-corrected chi connectivity index (χ1v) is 9.46. The third-order valence-electron chi connectivity index (χ3n) is 4.39. The van der Waals surface area contributed by atoms with Crippen molar-refractivity contribution in [2.75, 3.05) is 0 Å². The van der Waals surface area contributed by atoms with E-state index in [9.17, 15) is 9.67 Å². The van der Waals surface area contributed by atoms with Crippen molar-refractivity contribution < 1.29 is 14.2 Å². The average Bonchev–Trinajstić information content (AvgIpc) is 2.63. The van der Waals surface area contributed by atoms with Crippen molar-refractivity contribution in [3.05, 3.63) is 90.0 Å². The van der Waals surface area contributed by atoms with Gasteiger partial charge in [-0.05, 0) is 47.5 Å². The van der Waals surface area contributed by atoms with Crippen LogP contribution in [0.15, 0.2) is 78.9 Å². The predicted octanol–water partition coefficient (Wildman–Crippen LogP) is 4.90. The molecule has 0 saturated heterocycles. The molecule has 1 atom stereocenters. The first-order chi connectivity index (χ1) is 12.0. The summed E-state index contributed by atoms with van der Waals surface area (Å²) in [7, 11) is -2.33. The lowest BCUT2D eigenvalue weighted by molar-refractivity contribution is 0.474. The van der Waals surface area contributed by atoms with Gasteiger partial charge in [-0.1, -0.05) is 56.3 Å². The molecular formula is C21H21O3P. The number of hydrogen-bond donors (Lipinski definition) is 1. The molecule has 3 nitrogen and oxygen atoms in total. The van der Waals surface area contributed by atoms with Gasteiger partial charge in [0.15, 0.2) is 0 Å². The van der Waals surface area contributed by atoms with Gasteiger partial charge in [0, 0.05) is 10.7 Å². The minimum atomic E-state index is -2.33. The molecule has 3 aromatic rings. The number of para-hydroxylation sites is 1. The van der Waals surface area contributed by atoms with Gasteiger partial charge in [0.2, 0.25) is 0 Å². The minimum absolute atomic E-state index is 0.220. The first-order valence-electron chi connectivity index (χ1n) is 8.14. The normalized spacial score (nSPS) is 12.6. The highest BCUT2D eigenvalue weighted by Crippen LogP contribution is 2.33. The first kappa shape index (κ1) is 17.3. The highest BCUT2D eigenvalue weighted by Gasteiger charge is 2.23. The molecule has 1 N–H and O–H groups in total. The molecule has 1 unspecified atom stereocenters. The molecule has 0 fully saturated rings. The zero-order valence-corrected chi connectivity index (χ0v) is 15.3. The molecule has 3 rings (SSSR count). The van der Waals surface area contributed by atoms with E-state index in [1.54, 1.807) is 24.3 Å². The van der Waals surface area contributed by atoms with Crippen LogP contribution in [0.5, 0.6) is 11.5 Å². The molecule has 0 aromatic heterocycles. The van der Waals surface area contributed by atoms with E-state index in [0.29, 0.717) is 11.1 Å². The molecule has 0 spiro atoms. The second kappa shape index (κ2) is 7.16. The van der Waals surface area contributed by atoms with Gasteiger partial charge >= 0.3 is 0 Å². The second-order valence-electron chi connectivity index (χ2n) is 6.45. The van der Waals surface area contributed by atoms with Gasteiger partial charge < -0.3 is 9.63 Å². The molecule has 0 amide bonds. The lowest BCUT2D eigenvalue weighted by Crippen LogP contribution is -2.19. The summed E-state index contributed by atoms with van der Waals surface area (Å²) in [5, 5.41) is 10.2. The molecule has 0 aliphatic carbocycles. The molecule has 0 aliphatic heterocycles. The van der Waals surface area contributed by atoms with Gasteiger partial charge in [-0.15, -0.1) is 0 Å². The topological polar surface area (TPSA) is 46.5 Å². The van der Waals surface area contributed by atoms with Crippen LogP contribution >= 0.6 is 8.03 Å². The summed E-state index contributed by atoms with van der Waals surface area (Å²) in [6.45, 7) is 4.25. The third kappa shape index (κ3) is 3.94. The maximum atomic E-state index is 12.4. The quantitative estimate of drug-likeness (QED) is 0.665. The van der Waals surface area contributed by atoms with Crippen molar-refractivity contribution in [2.45, 2.75) is 19.3 Å². The van der Waals surface area contributed by atoms with E-state index >= 15 is 0 Å². The molecule has 0 aliphatic rings. The summed E-state index contributed by atoms with van der Waals surface area (Å²) >= 11 is 0. The lowest BCUT2D eigenvalue weighted by Gasteiger charge is -2.26. The van der Waals surface area contributed by atoms with Gasteiger partial charge in [-0.2, -0.15) is 0 Å². The number of benzene rings is 3. The van der Waals surface area contributed by atoms with E-state index in [2.05, 4.69) is 13.8 Å². The maximum absolute atomic E-state index is 12.4. The van der Waals surface area contributed by atoms with Crippen LogP contribution in [0.3, 0.4) is 0 Å². The summed E-state index contributed by atoms with van der Waals surface area (Å²) in [5.41, 5.74) is 1.99. The van der Waals surface area contributed by atoms with E-state index in [0.717, 1.165) is 11.1 Å². The van der Waals surface area contributed by atoms with Crippen LogP contribution in [-0.2, 0) is 9.98 Å². The van der Waals surface area contributed by atoms with Crippen molar-refractivity contribution in [3.63, 3.8) is 0 Å². The Bertz CT molecular complexity index is 854. The van der Waals surface area contributed by atoms with Crippen LogP contribution in [0.4, 0.5) is 0 Å². The SMILES string of the molecule is CC(C)(c1ccc(O)cc1)c1ccc([PH](=O)Oc2ccccc2)cc1. The highest BCUT2D eigenvalue weighted by molar-refractivity contribution is 7.48. The van der Waals surface area contributed by atoms with Crippen LogP contribution in [0.2, 0.25) is 0 Å². The van der Waals surface area contributed by atoms with Crippen LogP contribution in [0.1, 0.15) is 25.0 Å². The standard InChI is InChI=1S/C21H21O3P/c1-21(2,16-8-12-18(22)13-9-16)17-10-14-20(15-11-17)25(23)24-19-6-4-3-5-7-19/h3-15,22,25H,1-2H3. The minimum Gasteiger partial charge on any atom is -0.508 e. The summed E-state index contributed by atoms with van der Waals surface area (Å²) in [4.78, 5) is 0. The fraction of sp³-hybridized carbons (Fsp3) is 0.143. The summed E-state index contributed by atoms with van der Waals surface area (Å²) in [6, 6.07) is 24.1. The van der Waals surface area contributed by atoms with Crippen LogP contribution in [-0.4, -0.2) is 5.11 Å². The van der Waals surface area contributed by atoms with Crippen LogP contribution < -0.4 is 9.83 Å². The number of phenolic OH excluding ortho intramolecular Hbond substituents is 1. The van der Waals surface area contributed by atoms with Gasteiger partial charge in [0.1, 0.15) is 11.5 Å². The molecule has 0 heterocycles. The number of hydrogen-bond acceptors (Lipinski definition) is 3. The van der Waals surface area contributed by atoms with Crippen LogP contribution in [0.25, 0.3) is 0 Å². The van der Waals surface area contributed by atoms with Crippen molar-refractivity contribution in [1.82, 2.24) is 0 Å². The molecule has 0 saturated carbocycles. The van der Waals surface area contributed by atoms with Crippen molar-refractivity contribution >= 4 is 13.3 Å². The van der Waals surface area contributed by atoms with Crippen LogP contribution in [0, 0.1) is 0 Å². The molecular weight excluding hydrogens is 331 g/mol. The Labute approximate surface area is 148 Å². The molecule has 128 valence electrons. The number of rotatable bonds is 5. The Balaban J connectivity index is 1.79. The van der Waals surface area contributed by atoms with E-state index in [-0.39, 0.29) is 11.2 Å². The maximum Gasteiger partial charge on any atom is 0.265 e. The zero-order chi connectivity index (χ0) is 17.9. The Morgan fingerprint density at radius 3 is 1.88 bits per heavy atom. The summed E-state index contributed by atoms with van der Waals surface area (Å²) in [5.74, 6) is 0.867. The van der Waals surface area contributed by atoms with E-state index in [4.69, 9.17) is 4.52 Å². The Kier molecular flexibility index (Phi) is 4.96. The monoisotopic (exact) mass is 352 g/mol. The van der Waals surface area contributed by atoms with Gasteiger partial charge in [-0.3, -0.25) is 4.57 Å². The largest absolute Gasteiger partial charge is 0.508 e. The van der Waals surface area contributed by atoms with Crippen molar-refractivity contribution in [1.29, 1.82) is 0 Å². The molecule has 0 radical (unpaired) electrons. The van der Waals surface area contributed by atoms with Crippen molar-refractivity contribution in [2.24, 2.45) is 0 Å². The Morgan fingerprint density at radius 1 is 0.800 bits per heavy atom. The van der Waals surface area contributed by atoms with Gasteiger partial charge in [0.25, 0.3) is 8.03 Å². The van der Waals surface area contributed by atoms with E-state index in [1.807, 2.05) is 54.6 Å². The predicted molar refractivity (Wildman–Crippen MR) is 102 cm³/mol. The number of phenols is 1. The molecule has 0 bridgehead atoms. The Morgan fingerprint density at radius 2 is 1.32 bits per heavy atom. The van der Waals surface area contributed by atoms with E-state index < -0.39 is 8.03 Å². The molecule has 3 aromatic carbocycles. The highest BCUT2D eigenvalue weighted by atomic mass is 31.1. The third-order valence-corrected chi connectivity index (χ3v) is 5.61. The zero-order valence-electron chi connectivity index (χ0n) is 14.3. The average molecular weight is 352 g/mol.